The fourth-order valence-electron chi connectivity index (χ4n) is 2.42. The standard InChI is InChI=1S/C13H16N2O3/c1-14-10-4-5-15(13(10)16)7-9-2-3-11-12(6-9)18-8-17-11/h2-3,6,10,14H,4-5,7-8H2,1H3. The second kappa shape index (κ2) is 4.49. The van der Waals surface area contributed by atoms with Gasteiger partial charge in [0.2, 0.25) is 12.7 Å². The quantitative estimate of drug-likeness (QED) is 0.857. The lowest BCUT2D eigenvalue weighted by Gasteiger charge is -2.16. The molecule has 18 heavy (non-hydrogen) atoms. The summed E-state index contributed by atoms with van der Waals surface area (Å²) in [6, 6.07) is 5.79. The van der Waals surface area contributed by atoms with Crippen molar-refractivity contribution in [2.24, 2.45) is 0 Å². The molecule has 1 amide bonds. The molecular formula is C13H16N2O3. The Labute approximate surface area is 106 Å². The molecule has 0 spiro atoms. The molecule has 5 nitrogen and oxygen atoms in total. The SMILES string of the molecule is CNC1CCN(Cc2ccc3c(c2)OCO3)C1=O. The molecule has 0 saturated carbocycles. The van der Waals surface area contributed by atoms with Gasteiger partial charge in [-0.2, -0.15) is 0 Å². The van der Waals surface area contributed by atoms with Crippen molar-refractivity contribution >= 4 is 5.91 Å². The first-order valence-corrected chi connectivity index (χ1v) is 6.12. The number of benzene rings is 1. The van der Waals surface area contributed by atoms with Gasteiger partial charge in [0.1, 0.15) is 0 Å². The van der Waals surface area contributed by atoms with Gasteiger partial charge in [-0.3, -0.25) is 4.79 Å². The molecule has 96 valence electrons. The van der Waals surface area contributed by atoms with Gasteiger partial charge < -0.3 is 19.7 Å². The van der Waals surface area contributed by atoms with Crippen LogP contribution < -0.4 is 14.8 Å². The minimum atomic E-state index is -0.0287. The van der Waals surface area contributed by atoms with Crippen LogP contribution in [0.1, 0.15) is 12.0 Å². The van der Waals surface area contributed by atoms with Gasteiger partial charge >= 0.3 is 0 Å². The van der Waals surface area contributed by atoms with Crippen LogP contribution in [0.3, 0.4) is 0 Å². The normalized spacial score (nSPS) is 21.7. The minimum Gasteiger partial charge on any atom is -0.454 e. The molecule has 2 heterocycles. The van der Waals surface area contributed by atoms with Crippen LogP contribution in [-0.4, -0.2) is 37.2 Å². The van der Waals surface area contributed by atoms with E-state index in [0.717, 1.165) is 30.0 Å². The Kier molecular flexibility index (Phi) is 2.83. The molecule has 1 saturated heterocycles. The van der Waals surface area contributed by atoms with Crippen molar-refractivity contribution in [3.05, 3.63) is 23.8 Å². The lowest BCUT2D eigenvalue weighted by molar-refractivity contribution is -0.129. The van der Waals surface area contributed by atoms with Crippen LogP contribution >= 0.6 is 0 Å². The average molecular weight is 248 g/mol. The molecule has 1 N–H and O–H groups in total. The van der Waals surface area contributed by atoms with E-state index in [-0.39, 0.29) is 18.7 Å². The zero-order valence-electron chi connectivity index (χ0n) is 10.3. The Morgan fingerprint density at radius 3 is 3.00 bits per heavy atom. The predicted octanol–water partition coefficient (Wildman–Crippen LogP) is 0.736. The van der Waals surface area contributed by atoms with Gasteiger partial charge in [0.05, 0.1) is 6.04 Å². The zero-order valence-corrected chi connectivity index (χ0v) is 10.3. The number of nitrogens with zero attached hydrogens (tertiary/aromatic N) is 1. The monoisotopic (exact) mass is 248 g/mol. The van der Waals surface area contributed by atoms with Gasteiger partial charge in [-0.1, -0.05) is 6.07 Å². The Bertz CT molecular complexity index is 475. The highest BCUT2D eigenvalue weighted by atomic mass is 16.7. The second-order valence-electron chi connectivity index (χ2n) is 4.58. The van der Waals surface area contributed by atoms with Gasteiger partial charge in [-0.15, -0.1) is 0 Å². The van der Waals surface area contributed by atoms with Crippen molar-refractivity contribution in [2.75, 3.05) is 20.4 Å². The van der Waals surface area contributed by atoms with E-state index in [2.05, 4.69) is 5.32 Å². The zero-order chi connectivity index (χ0) is 12.5. The summed E-state index contributed by atoms with van der Waals surface area (Å²) in [5.74, 6) is 1.72. The van der Waals surface area contributed by atoms with Crippen LogP contribution in [0.5, 0.6) is 11.5 Å². The summed E-state index contributed by atoms with van der Waals surface area (Å²) in [7, 11) is 1.83. The summed E-state index contributed by atoms with van der Waals surface area (Å²) in [4.78, 5) is 13.9. The first kappa shape index (κ1) is 11.3. The number of likely N-dealkylation sites (N-methyl/N-ethyl adjacent to an activating group) is 1. The molecule has 1 fully saturated rings. The lowest BCUT2D eigenvalue weighted by Crippen LogP contribution is -2.35. The number of nitrogens with one attached hydrogen (secondary N) is 1. The first-order chi connectivity index (χ1) is 8.78. The number of carbonyl (C=O) groups excluding carboxylic acids is 1. The summed E-state index contributed by atoms with van der Waals surface area (Å²) >= 11 is 0. The van der Waals surface area contributed by atoms with Crippen molar-refractivity contribution in [2.45, 2.75) is 19.0 Å². The molecule has 2 aliphatic rings. The van der Waals surface area contributed by atoms with Gasteiger partial charge in [-0.05, 0) is 31.2 Å². The number of carbonyl (C=O) groups is 1. The summed E-state index contributed by atoms with van der Waals surface area (Å²) in [5, 5.41) is 3.04. The highest BCUT2D eigenvalue weighted by molar-refractivity contribution is 5.83. The number of likely N-dealkylation sites (tertiary alicyclic amines) is 1. The predicted molar refractivity (Wildman–Crippen MR) is 65.4 cm³/mol. The van der Waals surface area contributed by atoms with Crippen molar-refractivity contribution in [3.8, 4) is 11.5 Å². The van der Waals surface area contributed by atoms with E-state index in [9.17, 15) is 4.79 Å². The molecule has 0 aromatic heterocycles. The molecule has 1 aromatic rings. The van der Waals surface area contributed by atoms with E-state index in [4.69, 9.17) is 9.47 Å². The van der Waals surface area contributed by atoms with Gasteiger partial charge in [0, 0.05) is 13.1 Å². The minimum absolute atomic E-state index is 0.0287. The topological polar surface area (TPSA) is 50.8 Å². The van der Waals surface area contributed by atoms with Crippen LogP contribution in [0, 0.1) is 0 Å². The van der Waals surface area contributed by atoms with E-state index in [1.54, 1.807) is 0 Å². The molecule has 1 aromatic carbocycles. The number of amides is 1. The lowest BCUT2D eigenvalue weighted by atomic mass is 10.2. The molecule has 0 bridgehead atoms. The van der Waals surface area contributed by atoms with Gasteiger partial charge in [0.25, 0.3) is 0 Å². The van der Waals surface area contributed by atoms with Crippen LogP contribution in [0.25, 0.3) is 0 Å². The summed E-state index contributed by atoms with van der Waals surface area (Å²) in [6.07, 6.45) is 0.875. The van der Waals surface area contributed by atoms with Gasteiger partial charge in [-0.25, -0.2) is 0 Å². The number of rotatable bonds is 3. The number of fused-ring (bicyclic) bond motifs is 1. The molecule has 1 unspecified atom stereocenters. The maximum absolute atomic E-state index is 12.0. The van der Waals surface area contributed by atoms with Crippen molar-refractivity contribution < 1.29 is 14.3 Å². The summed E-state index contributed by atoms with van der Waals surface area (Å²) < 4.78 is 10.6. The van der Waals surface area contributed by atoms with Crippen molar-refractivity contribution in [3.63, 3.8) is 0 Å². The molecule has 1 atom stereocenters. The molecular weight excluding hydrogens is 232 g/mol. The Morgan fingerprint density at radius 1 is 1.39 bits per heavy atom. The third kappa shape index (κ3) is 1.90. The number of ether oxygens (including phenoxy) is 2. The fraction of sp³-hybridized carbons (Fsp3) is 0.462. The largest absolute Gasteiger partial charge is 0.454 e. The first-order valence-electron chi connectivity index (χ1n) is 6.12. The summed E-state index contributed by atoms with van der Waals surface area (Å²) in [6.45, 7) is 1.72. The fourth-order valence-corrected chi connectivity index (χ4v) is 2.42. The smallest absolute Gasteiger partial charge is 0.240 e. The van der Waals surface area contributed by atoms with E-state index >= 15 is 0 Å². The molecule has 2 aliphatic heterocycles. The van der Waals surface area contributed by atoms with E-state index in [0.29, 0.717) is 6.54 Å². The second-order valence-corrected chi connectivity index (χ2v) is 4.58. The van der Waals surface area contributed by atoms with Gasteiger partial charge in [0.15, 0.2) is 11.5 Å². The molecule has 5 heteroatoms. The van der Waals surface area contributed by atoms with Crippen LogP contribution in [0.4, 0.5) is 0 Å². The maximum Gasteiger partial charge on any atom is 0.240 e. The van der Waals surface area contributed by atoms with E-state index in [1.807, 2.05) is 30.1 Å². The van der Waals surface area contributed by atoms with Crippen LogP contribution in [-0.2, 0) is 11.3 Å². The Balaban J connectivity index is 1.72. The average Bonchev–Trinajstić information content (AvgIpc) is 2.97. The highest BCUT2D eigenvalue weighted by Crippen LogP contribution is 2.33. The number of hydrogen-bond acceptors (Lipinski definition) is 4. The van der Waals surface area contributed by atoms with Crippen molar-refractivity contribution in [1.82, 2.24) is 10.2 Å². The Morgan fingerprint density at radius 2 is 2.22 bits per heavy atom. The third-order valence-corrected chi connectivity index (χ3v) is 3.46. The third-order valence-electron chi connectivity index (χ3n) is 3.46. The van der Waals surface area contributed by atoms with E-state index in [1.165, 1.54) is 0 Å². The molecule has 3 rings (SSSR count). The van der Waals surface area contributed by atoms with Crippen LogP contribution in [0.15, 0.2) is 18.2 Å². The molecule has 0 radical (unpaired) electrons. The number of hydrogen-bond donors (Lipinski definition) is 1. The molecule has 0 aliphatic carbocycles. The van der Waals surface area contributed by atoms with E-state index < -0.39 is 0 Å². The highest BCUT2D eigenvalue weighted by Gasteiger charge is 2.30. The van der Waals surface area contributed by atoms with Crippen LogP contribution in [0.2, 0.25) is 0 Å². The Hall–Kier alpha value is -1.75. The van der Waals surface area contributed by atoms with Crippen molar-refractivity contribution in [1.29, 1.82) is 0 Å². The summed E-state index contributed by atoms with van der Waals surface area (Å²) in [5.41, 5.74) is 1.07. The maximum atomic E-state index is 12.0.